The first-order chi connectivity index (χ1) is 13.8. The molecular formula is C23H28FNO4. The van der Waals surface area contributed by atoms with E-state index in [0.717, 1.165) is 12.0 Å². The third-order valence-corrected chi connectivity index (χ3v) is 4.43. The molecule has 29 heavy (non-hydrogen) atoms. The van der Waals surface area contributed by atoms with Crippen LogP contribution in [0.25, 0.3) is 0 Å². The summed E-state index contributed by atoms with van der Waals surface area (Å²) < 4.78 is 23.5. The lowest BCUT2D eigenvalue weighted by Crippen LogP contribution is -2.31. The first kappa shape index (κ1) is 22.4. The van der Waals surface area contributed by atoms with E-state index in [9.17, 15) is 14.0 Å². The Morgan fingerprint density at radius 3 is 2.28 bits per heavy atom. The number of carbonyl (C=O) groups excluding carboxylic acids is 2. The van der Waals surface area contributed by atoms with Gasteiger partial charge in [0.15, 0.2) is 18.2 Å². The number of hydrogen-bond acceptors (Lipinski definition) is 4. The van der Waals surface area contributed by atoms with Gasteiger partial charge >= 0.3 is 5.97 Å². The number of benzene rings is 2. The summed E-state index contributed by atoms with van der Waals surface area (Å²) in [6.07, 6.45) is 0.885. The molecule has 0 aliphatic rings. The predicted molar refractivity (Wildman–Crippen MR) is 109 cm³/mol. The van der Waals surface area contributed by atoms with Gasteiger partial charge in [-0.15, -0.1) is 0 Å². The number of ether oxygens (including phenoxy) is 2. The summed E-state index contributed by atoms with van der Waals surface area (Å²) in [5.41, 5.74) is 2.68. The van der Waals surface area contributed by atoms with Crippen LogP contribution in [-0.4, -0.2) is 25.6 Å². The molecule has 6 heteroatoms. The summed E-state index contributed by atoms with van der Waals surface area (Å²) in [6.45, 7) is 5.83. The molecule has 0 saturated carbocycles. The molecule has 2 aromatic carbocycles. The predicted octanol–water partition coefficient (Wildman–Crippen LogP) is 4.00. The highest BCUT2D eigenvalue weighted by atomic mass is 19.1. The SMILES string of the molecule is COc1ccc(CC(=O)OCC(=O)N[C@H](C)c2ccc(CC(C)C)cc2)cc1F. The minimum absolute atomic E-state index is 0.104. The Morgan fingerprint density at radius 2 is 1.69 bits per heavy atom. The van der Waals surface area contributed by atoms with Gasteiger partial charge in [-0.3, -0.25) is 9.59 Å². The lowest BCUT2D eigenvalue weighted by molar-refractivity contribution is -0.148. The quantitative estimate of drug-likeness (QED) is 0.645. The van der Waals surface area contributed by atoms with Crippen LogP contribution in [0.2, 0.25) is 0 Å². The monoisotopic (exact) mass is 401 g/mol. The van der Waals surface area contributed by atoms with E-state index in [2.05, 4.69) is 31.3 Å². The molecule has 1 amide bonds. The number of carbonyl (C=O) groups is 2. The van der Waals surface area contributed by atoms with Crippen molar-refractivity contribution in [1.82, 2.24) is 5.32 Å². The van der Waals surface area contributed by atoms with Gasteiger partial charge in [0.2, 0.25) is 0 Å². The summed E-state index contributed by atoms with van der Waals surface area (Å²) in [4.78, 5) is 24.0. The van der Waals surface area contributed by atoms with Crippen molar-refractivity contribution in [2.45, 2.75) is 39.7 Å². The van der Waals surface area contributed by atoms with Crippen LogP contribution in [0.1, 0.15) is 43.5 Å². The van der Waals surface area contributed by atoms with Crippen molar-refractivity contribution in [3.05, 3.63) is 65.0 Å². The van der Waals surface area contributed by atoms with Crippen LogP contribution in [0.4, 0.5) is 4.39 Å². The van der Waals surface area contributed by atoms with Crippen LogP contribution in [0.15, 0.2) is 42.5 Å². The minimum Gasteiger partial charge on any atom is -0.494 e. The largest absolute Gasteiger partial charge is 0.494 e. The van der Waals surface area contributed by atoms with Crippen molar-refractivity contribution in [3.8, 4) is 5.75 Å². The lowest BCUT2D eigenvalue weighted by Gasteiger charge is -2.15. The maximum atomic E-state index is 13.7. The van der Waals surface area contributed by atoms with Gasteiger partial charge in [-0.2, -0.15) is 0 Å². The highest BCUT2D eigenvalue weighted by Crippen LogP contribution is 2.18. The molecule has 1 atom stereocenters. The van der Waals surface area contributed by atoms with E-state index in [1.807, 2.05) is 19.1 Å². The van der Waals surface area contributed by atoms with E-state index in [0.29, 0.717) is 11.5 Å². The Kier molecular flexibility index (Phi) is 8.19. The summed E-state index contributed by atoms with van der Waals surface area (Å²) >= 11 is 0. The number of rotatable bonds is 9. The third-order valence-electron chi connectivity index (χ3n) is 4.43. The van der Waals surface area contributed by atoms with Crippen LogP contribution in [0.3, 0.4) is 0 Å². The van der Waals surface area contributed by atoms with Crippen molar-refractivity contribution in [1.29, 1.82) is 0 Å². The van der Waals surface area contributed by atoms with E-state index < -0.39 is 17.7 Å². The van der Waals surface area contributed by atoms with Gasteiger partial charge in [0, 0.05) is 0 Å². The zero-order chi connectivity index (χ0) is 21.4. The second-order valence-corrected chi connectivity index (χ2v) is 7.44. The van der Waals surface area contributed by atoms with E-state index in [1.165, 1.54) is 24.8 Å². The number of amides is 1. The van der Waals surface area contributed by atoms with Gasteiger partial charge in [-0.1, -0.05) is 44.2 Å². The number of halogens is 1. The Bertz CT molecular complexity index is 833. The summed E-state index contributed by atoms with van der Waals surface area (Å²) in [6, 6.07) is 12.1. The fraction of sp³-hybridized carbons (Fsp3) is 0.391. The van der Waals surface area contributed by atoms with Crippen molar-refractivity contribution in [2.24, 2.45) is 5.92 Å². The van der Waals surface area contributed by atoms with Crippen molar-refractivity contribution in [2.75, 3.05) is 13.7 Å². The van der Waals surface area contributed by atoms with Crippen LogP contribution >= 0.6 is 0 Å². The van der Waals surface area contributed by atoms with Crippen molar-refractivity contribution in [3.63, 3.8) is 0 Å². The molecule has 0 spiro atoms. The zero-order valence-corrected chi connectivity index (χ0v) is 17.3. The zero-order valence-electron chi connectivity index (χ0n) is 17.3. The highest BCUT2D eigenvalue weighted by Gasteiger charge is 2.13. The maximum Gasteiger partial charge on any atom is 0.310 e. The van der Waals surface area contributed by atoms with Gasteiger partial charge in [0.05, 0.1) is 19.6 Å². The fourth-order valence-electron chi connectivity index (χ4n) is 2.96. The molecule has 156 valence electrons. The van der Waals surface area contributed by atoms with E-state index in [1.54, 1.807) is 6.07 Å². The van der Waals surface area contributed by atoms with Gasteiger partial charge in [-0.05, 0) is 48.1 Å². The average molecular weight is 401 g/mol. The molecule has 0 saturated heterocycles. The highest BCUT2D eigenvalue weighted by molar-refractivity contribution is 5.81. The Morgan fingerprint density at radius 1 is 1.03 bits per heavy atom. The molecule has 0 fully saturated rings. The standard InChI is InChI=1S/C23H28FNO4/c1-15(2)11-17-5-8-19(9-6-17)16(3)25-22(26)14-29-23(27)13-18-7-10-21(28-4)20(24)12-18/h5-10,12,15-16H,11,13-14H2,1-4H3,(H,25,26)/t16-/m1/s1. The molecular weight excluding hydrogens is 373 g/mol. The molecule has 0 aliphatic carbocycles. The minimum atomic E-state index is -0.601. The topological polar surface area (TPSA) is 64.6 Å². The first-order valence-electron chi connectivity index (χ1n) is 9.64. The molecule has 0 radical (unpaired) electrons. The molecule has 0 unspecified atom stereocenters. The van der Waals surface area contributed by atoms with Gasteiger partial charge in [0.25, 0.3) is 5.91 Å². The molecule has 2 rings (SSSR count). The van der Waals surface area contributed by atoms with Gasteiger partial charge in [-0.25, -0.2) is 4.39 Å². The molecule has 1 N–H and O–H groups in total. The number of methoxy groups -OCH3 is 1. The maximum absolute atomic E-state index is 13.7. The normalized spacial score (nSPS) is 11.8. The second kappa shape index (κ2) is 10.6. The Balaban J connectivity index is 1.79. The molecule has 0 aliphatic heterocycles. The fourth-order valence-corrected chi connectivity index (χ4v) is 2.96. The van der Waals surface area contributed by atoms with Gasteiger partial charge < -0.3 is 14.8 Å². The van der Waals surface area contributed by atoms with E-state index >= 15 is 0 Å². The Hall–Kier alpha value is -2.89. The molecule has 0 heterocycles. The summed E-state index contributed by atoms with van der Waals surface area (Å²) in [7, 11) is 1.37. The smallest absolute Gasteiger partial charge is 0.310 e. The van der Waals surface area contributed by atoms with Crippen molar-refractivity contribution < 1.29 is 23.5 Å². The van der Waals surface area contributed by atoms with Crippen LogP contribution in [0.5, 0.6) is 5.75 Å². The summed E-state index contributed by atoms with van der Waals surface area (Å²) in [5.74, 6) is -0.855. The third kappa shape index (κ3) is 7.22. The first-order valence-corrected chi connectivity index (χ1v) is 9.64. The van der Waals surface area contributed by atoms with Crippen LogP contribution < -0.4 is 10.1 Å². The molecule has 0 aromatic heterocycles. The second-order valence-electron chi connectivity index (χ2n) is 7.44. The van der Waals surface area contributed by atoms with Gasteiger partial charge in [0.1, 0.15) is 0 Å². The number of esters is 1. The molecule has 5 nitrogen and oxygen atoms in total. The summed E-state index contributed by atoms with van der Waals surface area (Å²) in [5, 5.41) is 2.81. The number of nitrogens with one attached hydrogen (secondary N) is 1. The van der Waals surface area contributed by atoms with Crippen LogP contribution in [-0.2, 0) is 27.2 Å². The van der Waals surface area contributed by atoms with E-state index in [4.69, 9.17) is 9.47 Å². The molecule has 0 bridgehead atoms. The Labute approximate surface area is 171 Å². The van der Waals surface area contributed by atoms with E-state index in [-0.39, 0.29) is 24.8 Å². The molecule has 2 aromatic rings. The van der Waals surface area contributed by atoms with Crippen molar-refractivity contribution >= 4 is 11.9 Å². The lowest BCUT2D eigenvalue weighted by atomic mass is 10.00. The van der Waals surface area contributed by atoms with Crippen LogP contribution in [0, 0.1) is 11.7 Å². The number of hydrogen-bond donors (Lipinski definition) is 1. The average Bonchev–Trinajstić information content (AvgIpc) is 2.66.